The maximum Gasteiger partial charge on any atom is 0.0934 e. The molecular formula is C59H105NO3. The Hall–Kier alpha value is -1.20. The average Bonchev–Trinajstić information content (AvgIpc) is 3.61. The van der Waals surface area contributed by atoms with Crippen LogP contribution in [0.2, 0.25) is 0 Å². The number of unbranched alkanes of at least 4 members (excludes halogenated alkanes) is 14. The van der Waals surface area contributed by atoms with Gasteiger partial charge in [0.25, 0.3) is 0 Å². The molecule has 0 bridgehead atoms. The molecular weight excluding hydrogens is 771 g/mol. The van der Waals surface area contributed by atoms with Crippen LogP contribution < -0.4 is 0 Å². The summed E-state index contributed by atoms with van der Waals surface area (Å²) in [5.74, 6) is 5.06. The van der Waals surface area contributed by atoms with Gasteiger partial charge in [0.05, 0.1) is 18.8 Å². The second kappa shape index (κ2) is 31.0. The zero-order valence-corrected chi connectivity index (χ0v) is 43.0. The molecule has 63 heavy (non-hydrogen) atoms. The van der Waals surface area contributed by atoms with E-state index in [1.165, 1.54) is 173 Å². The van der Waals surface area contributed by atoms with Crippen LogP contribution in [0.5, 0.6) is 0 Å². The molecule has 0 aliphatic heterocycles. The lowest BCUT2D eigenvalue weighted by Crippen LogP contribution is -2.51. The Labute approximate surface area is 392 Å². The zero-order chi connectivity index (χ0) is 45.2. The van der Waals surface area contributed by atoms with Gasteiger partial charge in [0, 0.05) is 26.4 Å². The molecule has 0 radical (unpaired) electrons. The zero-order valence-electron chi connectivity index (χ0n) is 43.0. The van der Waals surface area contributed by atoms with Gasteiger partial charge in [0.1, 0.15) is 0 Å². The molecule has 0 aromatic carbocycles. The summed E-state index contributed by atoms with van der Waals surface area (Å²) < 4.78 is 19.0. The highest BCUT2D eigenvalue weighted by molar-refractivity contribution is 5.25. The number of hydrogen-bond acceptors (Lipinski definition) is 4. The predicted molar refractivity (Wildman–Crippen MR) is 273 cm³/mol. The maximum atomic E-state index is 6.61. The van der Waals surface area contributed by atoms with E-state index < -0.39 is 0 Å². The van der Waals surface area contributed by atoms with Gasteiger partial charge in [-0.15, -0.1) is 6.58 Å². The second-order valence-electron chi connectivity index (χ2n) is 22.5. The third-order valence-electron chi connectivity index (χ3n) is 16.9. The summed E-state index contributed by atoms with van der Waals surface area (Å²) in [7, 11) is 4.28. The van der Waals surface area contributed by atoms with Crippen LogP contribution in [0.1, 0.15) is 221 Å². The van der Waals surface area contributed by atoms with Crippen molar-refractivity contribution in [3.05, 3.63) is 48.6 Å². The van der Waals surface area contributed by atoms with Gasteiger partial charge in [0.15, 0.2) is 0 Å². The first-order chi connectivity index (χ1) is 30.6. The van der Waals surface area contributed by atoms with Crippen LogP contribution in [0, 0.1) is 46.3 Å². The summed E-state index contributed by atoms with van der Waals surface area (Å²) in [6, 6.07) is 0. The van der Waals surface area contributed by atoms with Crippen LogP contribution in [0.25, 0.3) is 0 Å². The Balaban J connectivity index is 0.991. The van der Waals surface area contributed by atoms with Crippen LogP contribution >= 0.6 is 0 Å². The Morgan fingerprint density at radius 2 is 1.40 bits per heavy atom. The third-order valence-corrected chi connectivity index (χ3v) is 16.9. The lowest BCUT2D eigenvalue weighted by Gasteiger charge is -2.58. The molecule has 4 aliphatic rings. The van der Waals surface area contributed by atoms with Crippen molar-refractivity contribution in [2.24, 2.45) is 46.3 Å². The van der Waals surface area contributed by atoms with E-state index in [9.17, 15) is 0 Å². The minimum Gasteiger partial charge on any atom is -0.379 e. The molecule has 3 saturated carbocycles. The highest BCUT2D eigenvalue weighted by atomic mass is 16.5. The van der Waals surface area contributed by atoms with Crippen LogP contribution in [0.3, 0.4) is 0 Å². The molecule has 0 spiro atoms. The monoisotopic (exact) mass is 876 g/mol. The highest BCUT2D eigenvalue weighted by Gasteiger charge is 2.59. The first-order valence-corrected chi connectivity index (χ1v) is 27.7. The fraction of sp³-hybridized carbons (Fsp3) is 0.864. The van der Waals surface area contributed by atoms with E-state index in [0.717, 1.165) is 68.8 Å². The molecule has 4 heteroatoms. The number of ether oxygens (including phenoxy) is 3. The fourth-order valence-corrected chi connectivity index (χ4v) is 13.1. The van der Waals surface area contributed by atoms with Crippen molar-refractivity contribution in [2.75, 3.05) is 47.1 Å². The Bertz CT molecular complexity index is 1290. The van der Waals surface area contributed by atoms with Crippen molar-refractivity contribution in [3.63, 3.8) is 0 Å². The molecule has 3 fully saturated rings. The lowest BCUT2D eigenvalue weighted by atomic mass is 9.47. The van der Waals surface area contributed by atoms with Crippen molar-refractivity contribution in [2.45, 2.75) is 233 Å². The number of nitrogens with zero attached hydrogens (tertiary/aromatic N) is 1. The SMILES string of the molecule is C=C[C@H](CCCC(C)C)[C@H]1CC[C@H]2[C@@H]3CC=C4C[C@@H](OCCCCCCCCOC(COCCCCCCCC/C=C\C/C=C\CCCCC)CN(C)C)CCC4(C)[C@H]3CC[C@]12C. The first-order valence-electron chi connectivity index (χ1n) is 27.7. The molecule has 4 aliphatic carbocycles. The van der Waals surface area contributed by atoms with Crippen molar-refractivity contribution < 1.29 is 14.2 Å². The van der Waals surface area contributed by atoms with Crippen molar-refractivity contribution >= 4 is 0 Å². The normalized spacial score (nSPS) is 28.1. The minimum absolute atomic E-state index is 0.170. The van der Waals surface area contributed by atoms with Gasteiger partial charge >= 0.3 is 0 Å². The van der Waals surface area contributed by atoms with E-state index in [4.69, 9.17) is 14.2 Å². The fourth-order valence-electron chi connectivity index (χ4n) is 13.1. The van der Waals surface area contributed by atoms with Gasteiger partial charge in [-0.05, 0) is 170 Å². The smallest absolute Gasteiger partial charge is 0.0934 e. The molecule has 0 aromatic heterocycles. The Kier molecular flexibility index (Phi) is 26.7. The molecule has 364 valence electrons. The molecule has 0 heterocycles. The summed E-state index contributed by atoms with van der Waals surface area (Å²) >= 11 is 0. The van der Waals surface area contributed by atoms with Crippen LogP contribution in [0.15, 0.2) is 48.6 Å². The second-order valence-corrected chi connectivity index (χ2v) is 22.5. The molecule has 0 aromatic rings. The summed E-state index contributed by atoms with van der Waals surface area (Å²) in [5, 5.41) is 0. The van der Waals surface area contributed by atoms with Gasteiger partial charge in [-0.3, -0.25) is 0 Å². The van der Waals surface area contributed by atoms with Crippen LogP contribution in [-0.2, 0) is 14.2 Å². The largest absolute Gasteiger partial charge is 0.379 e. The third kappa shape index (κ3) is 18.8. The minimum atomic E-state index is 0.170. The summed E-state index contributed by atoms with van der Waals surface area (Å²) in [6.07, 6.45) is 53.0. The van der Waals surface area contributed by atoms with Gasteiger partial charge in [-0.2, -0.15) is 0 Å². The average molecular weight is 876 g/mol. The topological polar surface area (TPSA) is 30.9 Å². The van der Waals surface area contributed by atoms with Crippen LogP contribution in [0.4, 0.5) is 0 Å². The predicted octanol–water partition coefficient (Wildman–Crippen LogP) is 16.7. The summed E-state index contributed by atoms with van der Waals surface area (Å²) in [6.45, 7) is 21.1. The number of rotatable bonds is 36. The van der Waals surface area contributed by atoms with Gasteiger partial charge in [-0.25, -0.2) is 0 Å². The van der Waals surface area contributed by atoms with E-state index in [1.54, 1.807) is 5.57 Å². The molecule has 4 rings (SSSR count). The standard InChI is InChI=1S/C59H105NO3/c1-9-11-12-13-14-15-16-17-18-19-20-21-22-23-26-29-43-61-48-53(47-60(7)8)63-45-31-28-25-24-27-30-44-62-52-39-41-58(5)51(46-52)35-36-54-56-38-37-55(59(56,6)42-40-57(54)58)50(10-2)34-32-33-49(3)4/h10,14-15,17-18,35,49-50,52-57H,2,9,11-13,16,19-34,36-48H2,1,3-8H3/b15-14-,18-17-/t50-,52+,53?,54+,55-,56+,57+,58?,59-/m1/s1. The van der Waals surface area contributed by atoms with E-state index >= 15 is 0 Å². The Morgan fingerprint density at radius 3 is 2.08 bits per heavy atom. The van der Waals surface area contributed by atoms with E-state index in [1.807, 2.05) is 0 Å². The lowest BCUT2D eigenvalue weighted by molar-refractivity contribution is -0.0626. The molecule has 9 atom stereocenters. The first kappa shape index (κ1) is 54.4. The number of hydrogen-bond donors (Lipinski definition) is 0. The van der Waals surface area contributed by atoms with E-state index in [-0.39, 0.29) is 6.10 Å². The Morgan fingerprint density at radius 1 is 0.730 bits per heavy atom. The molecule has 2 unspecified atom stereocenters. The van der Waals surface area contributed by atoms with Gasteiger partial charge in [-0.1, -0.05) is 154 Å². The molecule has 0 amide bonds. The number of likely N-dealkylation sites (N-methyl/N-ethyl adjacent to an activating group) is 1. The van der Waals surface area contributed by atoms with Crippen molar-refractivity contribution in [3.8, 4) is 0 Å². The molecule has 4 nitrogen and oxygen atoms in total. The van der Waals surface area contributed by atoms with Crippen LogP contribution in [-0.4, -0.2) is 64.2 Å². The van der Waals surface area contributed by atoms with Crippen molar-refractivity contribution in [1.29, 1.82) is 0 Å². The maximum absolute atomic E-state index is 6.61. The number of fused-ring (bicyclic) bond motifs is 5. The number of allylic oxidation sites excluding steroid dienone is 6. The molecule has 0 saturated heterocycles. The van der Waals surface area contributed by atoms with E-state index in [0.29, 0.717) is 29.5 Å². The van der Waals surface area contributed by atoms with E-state index in [2.05, 4.69) is 96.6 Å². The molecule has 0 N–H and O–H groups in total. The van der Waals surface area contributed by atoms with Gasteiger partial charge in [0.2, 0.25) is 0 Å². The highest BCUT2D eigenvalue weighted by Crippen LogP contribution is 2.67. The van der Waals surface area contributed by atoms with Crippen molar-refractivity contribution in [1.82, 2.24) is 4.90 Å². The van der Waals surface area contributed by atoms with Gasteiger partial charge < -0.3 is 19.1 Å². The summed E-state index contributed by atoms with van der Waals surface area (Å²) in [4.78, 5) is 2.23. The summed E-state index contributed by atoms with van der Waals surface area (Å²) in [5.41, 5.74) is 2.69. The quantitative estimate of drug-likeness (QED) is 0.0464.